The van der Waals surface area contributed by atoms with Gasteiger partial charge < -0.3 is 10.6 Å². The first-order valence-corrected chi connectivity index (χ1v) is 10.1. The van der Waals surface area contributed by atoms with Gasteiger partial charge in [-0.15, -0.1) is 0 Å². The normalized spacial score (nSPS) is 29.3. The number of hydrogen-bond donors (Lipinski definition) is 2. The lowest BCUT2D eigenvalue weighted by molar-refractivity contribution is 0.265. The van der Waals surface area contributed by atoms with Crippen LogP contribution in [0.1, 0.15) is 27.2 Å². The molecular weight excluding hydrogens is 314 g/mol. The molecule has 2 fully saturated rings. The average Bonchev–Trinajstić information content (AvgIpc) is 3.01. The maximum Gasteiger partial charge on any atom is 0.214 e. The lowest BCUT2D eigenvalue weighted by atomic mass is 10.1. The van der Waals surface area contributed by atoms with Gasteiger partial charge in [-0.05, 0) is 26.2 Å². The fraction of sp³-hybridized carbons (Fsp3) is 0.933. The first kappa shape index (κ1) is 18.5. The molecule has 2 unspecified atom stereocenters. The molecular formula is C15H31N5O2S. The van der Waals surface area contributed by atoms with Crippen LogP contribution in [0.25, 0.3) is 0 Å². The van der Waals surface area contributed by atoms with Gasteiger partial charge in [-0.3, -0.25) is 9.89 Å². The Labute approximate surface area is 140 Å². The lowest BCUT2D eigenvalue weighted by Gasteiger charge is -2.22. The average molecular weight is 346 g/mol. The third-order valence-corrected chi connectivity index (χ3v) is 6.73. The van der Waals surface area contributed by atoms with Crippen LogP contribution >= 0.6 is 0 Å². The highest BCUT2D eigenvalue weighted by molar-refractivity contribution is 7.89. The largest absolute Gasteiger partial charge is 0.355 e. The summed E-state index contributed by atoms with van der Waals surface area (Å²) in [5.74, 6) is 1.60. The number of guanidine groups is 1. The van der Waals surface area contributed by atoms with Gasteiger partial charge in [0.25, 0.3) is 0 Å². The van der Waals surface area contributed by atoms with Gasteiger partial charge in [0.15, 0.2) is 5.96 Å². The fourth-order valence-corrected chi connectivity index (χ4v) is 4.75. The maximum atomic E-state index is 11.8. The van der Waals surface area contributed by atoms with E-state index in [4.69, 9.17) is 0 Å². The van der Waals surface area contributed by atoms with E-state index in [-0.39, 0.29) is 5.75 Å². The number of rotatable bonds is 5. The highest BCUT2D eigenvalue weighted by Gasteiger charge is 2.31. The van der Waals surface area contributed by atoms with Crippen LogP contribution in [0.4, 0.5) is 0 Å². The van der Waals surface area contributed by atoms with Gasteiger partial charge in [0.2, 0.25) is 10.0 Å². The Balaban J connectivity index is 1.78. The van der Waals surface area contributed by atoms with E-state index >= 15 is 0 Å². The molecule has 2 aliphatic rings. The van der Waals surface area contributed by atoms with Crippen LogP contribution in [0.2, 0.25) is 0 Å². The van der Waals surface area contributed by atoms with Gasteiger partial charge in [0.1, 0.15) is 0 Å². The molecule has 0 radical (unpaired) electrons. The Morgan fingerprint density at radius 2 is 2.09 bits per heavy atom. The SMILES string of the molecule is CN=C(NCCN1CCCS1(=O)=O)NC1CN(C(C)C)CC1C. The van der Waals surface area contributed by atoms with E-state index in [1.165, 1.54) is 0 Å². The van der Waals surface area contributed by atoms with E-state index in [0.717, 1.165) is 25.5 Å². The van der Waals surface area contributed by atoms with E-state index in [0.29, 0.717) is 37.6 Å². The zero-order chi connectivity index (χ0) is 17.0. The zero-order valence-electron chi connectivity index (χ0n) is 14.7. The number of likely N-dealkylation sites (tertiary alicyclic amines) is 1. The smallest absolute Gasteiger partial charge is 0.214 e. The van der Waals surface area contributed by atoms with E-state index in [1.807, 2.05) is 0 Å². The molecule has 0 spiro atoms. The first-order valence-electron chi connectivity index (χ1n) is 8.52. The van der Waals surface area contributed by atoms with Crippen LogP contribution in [-0.4, -0.2) is 81.2 Å². The molecule has 2 N–H and O–H groups in total. The highest BCUT2D eigenvalue weighted by atomic mass is 32.2. The predicted molar refractivity (Wildman–Crippen MR) is 94.1 cm³/mol. The summed E-state index contributed by atoms with van der Waals surface area (Å²) in [4.78, 5) is 6.73. The molecule has 2 aliphatic heterocycles. The van der Waals surface area contributed by atoms with Crippen LogP contribution in [0.3, 0.4) is 0 Å². The van der Waals surface area contributed by atoms with E-state index in [9.17, 15) is 8.42 Å². The maximum absolute atomic E-state index is 11.8. The Morgan fingerprint density at radius 1 is 1.35 bits per heavy atom. The summed E-state index contributed by atoms with van der Waals surface area (Å²) in [6.45, 7) is 10.5. The summed E-state index contributed by atoms with van der Waals surface area (Å²) < 4.78 is 25.1. The molecule has 23 heavy (non-hydrogen) atoms. The number of nitrogens with zero attached hydrogens (tertiary/aromatic N) is 3. The molecule has 134 valence electrons. The van der Waals surface area contributed by atoms with Crippen LogP contribution in [-0.2, 0) is 10.0 Å². The summed E-state index contributed by atoms with van der Waals surface area (Å²) in [6.07, 6.45) is 0.736. The standard InChI is InChI=1S/C15H31N5O2S/c1-12(2)19-10-13(3)14(11-19)18-15(16-4)17-6-8-20-7-5-9-23(20,21)22/h12-14H,5-11H2,1-4H3,(H2,16,17,18). The Kier molecular flexibility index (Phi) is 6.27. The quantitative estimate of drug-likeness (QED) is 0.538. The Hall–Kier alpha value is -0.860. The van der Waals surface area contributed by atoms with Crippen LogP contribution in [0, 0.1) is 5.92 Å². The third kappa shape index (κ3) is 4.81. The molecule has 0 saturated carbocycles. The van der Waals surface area contributed by atoms with Crippen LogP contribution in [0.5, 0.6) is 0 Å². The van der Waals surface area contributed by atoms with Gasteiger partial charge in [-0.25, -0.2) is 12.7 Å². The monoisotopic (exact) mass is 345 g/mol. The molecule has 0 aromatic rings. The number of aliphatic imine (C=N–C) groups is 1. The van der Waals surface area contributed by atoms with Crippen molar-refractivity contribution in [3.05, 3.63) is 0 Å². The molecule has 0 bridgehead atoms. The number of hydrogen-bond acceptors (Lipinski definition) is 4. The minimum Gasteiger partial charge on any atom is -0.355 e. The zero-order valence-corrected chi connectivity index (χ0v) is 15.6. The molecule has 0 aliphatic carbocycles. The van der Waals surface area contributed by atoms with Gasteiger partial charge in [-0.2, -0.15) is 0 Å². The van der Waals surface area contributed by atoms with E-state index in [1.54, 1.807) is 11.4 Å². The second kappa shape index (κ2) is 7.81. The van der Waals surface area contributed by atoms with E-state index in [2.05, 4.69) is 41.3 Å². The van der Waals surface area contributed by atoms with Crippen molar-refractivity contribution in [2.45, 2.75) is 39.3 Å². The summed E-state index contributed by atoms with van der Waals surface area (Å²) in [5, 5.41) is 6.72. The molecule has 0 aromatic heterocycles. The molecule has 2 rings (SSSR count). The summed E-state index contributed by atoms with van der Waals surface area (Å²) in [5.41, 5.74) is 0. The van der Waals surface area contributed by atoms with Gasteiger partial charge in [-0.1, -0.05) is 6.92 Å². The van der Waals surface area contributed by atoms with Crippen LogP contribution in [0.15, 0.2) is 4.99 Å². The predicted octanol–water partition coefficient (Wildman–Crippen LogP) is -0.0844. The molecule has 8 heteroatoms. The van der Waals surface area contributed by atoms with Crippen molar-refractivity contribution in [1.29, 1.82) is 0 Å². The first-order chi connectivity index (χ1) is 10.8. The molecule has 2 saturated heterocycles. The number of sulfonamides is 1. The number of nitrogens with one attached hydrogen (secondary N) is 2. The molecule has 2 atom stereocenters. The van der Waals surface area contributed by atoms with Crippen molar-refractivity contribution in [1.82, 2.24) is 19.8 Å². The molecule has 2 heterocycles. The molecule has 7 nitrogen and oxygen atoms in total. The van der Waals surface area contributed by atoms with Gasteiger partial charge >= 0.3 is 0 Å². The van der Waals surface area contributed by atoms with Gasteiger partial charge in [0.05, 0.1) is 5.75 Å². The highest BCUT2D eigenvalue weighted by Crippen LogP contribution is 2.18. The fourth-order valence-electron chi connectivity index (χ4n) is 3.23. The summed E-state index contributed by atoms with van der Waals surface area (Å²) in [7, 11) is -1.26. The summed E-state index contributed by atoms with van der Waals surface area (Å²) >= 11 is 0. The minimum atomic E-state index is -3.01. The van der Waals surface area contributed by atoms with Crippen molar-refractivity contribution in [3.8, 4) is 0 Å². The van der Waals surface area contributed by atoms with Crippen molar-refractivity contribution >= 4 is 16.0 Å². The van der Waals surface area contributed by atoms with Gasteiger partial charge in [0, 0.05) is 51.9 Å². The third-order valence-electron chi connectivity index (χ3n) is 4.77. The Morgan fingerprint density at radius 3 is 2.61 bits per heavy atom. The Bertz CT molecular complexity index is 520. The topological polar surface area (TPSA) is 77.0 Å². The van der Waals surface area contributed by atoms with Crippen molar-refractivity contribution in [3.63, 3.8) is 0 Å². The minimum absolute atomic E-state index is 0.282. The van der Waals surface area contributed by atoms with Crippen LogP contribution < -0.4 is 10.6 Å². The van der Waals surface area contributed by atoms with E-state index < -0.39 is 10.0 Å². The van der Waals surface area contributed by atoms with Crippen molar-refractivity contribution in [2.24, 2.45) is 10.9 Å². The lowest BCUT2D eigenvalue weighted by Crippen LogP contribution is -2.48. The molecule has 0 amide bonds. The molecule has 0 aromatic carbocycles. The summed E-state index contributed by atoms with van der Waals surface area (Å²) in [6, 6.07) is 0.929. The second-order valence-corrected chi connectivity index (χ2v) is 8.93. The second-order valence-electron chi connectivity index (χ2n) is 6.84. The van der Waals surface area contributed by atoms with Crippen molar-refractivity contribution < 1.29 is 8.42 Å². The van der Waals surface area contributed by atoms with Crippen molar-refractivity contribution in [2.75, 3.05) is 45.5 Å².